The number of nitrogens with one attached hydrogen (secondary N) is 1. The Bertz CT molecular complexity index is 520. The lowest BCUT2D eigenvalue weighted by Crippen LogP contribution is -2.14. The van der Waals surface area contributed by atoms with Gasteiger partial charge < -0.3 is 5.32 Å². The minimum atomic E-state index is 0.463. The van der Waals surface area contributed by atoms with Crippen LogP contribution in [0.1, 0.15) is 50.1 Å². The third-order valence-corrected chi connectivity index (χ3v) is 4.31. The van der Waals surface area contributed by atoms with Gasteiger partial charge in [0.05, 0.1) is 5.69 Å². The van der Waals surface area contributed by atoms with Crippen LogP contribution >= 0.6 is 11.3 Å². The molecule has 4 heteroatoms. The molecular weight excluding hydrogens is 266 g/mol. The first-order chi connectivity index (χ1) is 9.72. The lowest BCUT2D eigenvalue weighted by Gasteiger charge is -2.06. The summed E-state index contributed by atoms with van der Waals surface area (Å²) < 4.78 is 0. The van der Waals surface area contributed by atoms with Gasteiger partial charge in [0.25, 0.3) is 0 Å². The van der Waals surface area contributed by atoms with Crippen LogP contribution in [-0.4, -0.2) is 16.5 Å². The van der Waals surface area contributed by atoms with Crippen LogP contribution in [0.4, 0.5) is 0 Å². The van der Waals surface area contributed by atoms with E-state index in [1.54, 1.807) is 11.3 Å². The van der Waals surface area contributed by atoms with E-state index in [-0.39, 0.29) is 0 Å². The molecule has 0 aliphatic carbocycles. The number of aromatic nitrogens is 2. The van der Waals surface area contributed by atoms with Crippen LogP contribution in [0.2, 0.25) is 0 Å². The van der Waals surface area contributed by atoms with Gasteiger partial charge in [0.15, 0.2) is 0 Å². The quantitative estimate of drug-likeness (QED) is 0.776. The summed E-state index contributed by atoms with van der Waals surface area (Å²) in [5.41, 5.74) is 2.39. The van der Waals surface area contributed by atoms with Crippen molar-refractivity contribution in [2.75, 3.05) is 6.54 Å². The lowest BCUT2D eigenvalue weighted by molar-refractivity contribution is 0.639. The Labute approximate surface area is 125 Å². The molecular formula is C16H23N3S. The van der Waals surface area contributed by atoms with Crippen molar-refractivity contribution < 1.29 is 0 Å². The molecule has 108 valence electrons. The number of hydrogen-bond donors (Lipinski definition) is 1. The van der Waals surface area contributed by atoms with Crippen molar-refractivity contribution >= 4 is 11.3 Å². The summed E-state index contributed by atoms with van der Waals surface area (Å²) in [6, 6.07) is 4.05. The van der Waals surface area contributed by atoms with Gasteiger partial charge in [0.1, 0.15) is 5.01 Å². The van der Waals surface area contributed by atoms with E-state index < -0.39 is 0 Å². The average Bonchev–Trinajstić information content (AvgIpc) is 2.89. The molecule has 0 saturated carbocycles. The minimum absolute atomic E-state index is 0.463. The monoisotopic (exact) mass is 289 g/mol. The maximum atomic E-state index is 4.83. The molecule has 0 aromatic carbocycles. The third kappa shape index (κ3) is 3.87. The Morgan fingerprint density at radius 1 is 1.25 bits per heavy atom. The highest BCUT2D eigenvalue weighted by molar-refractivity contribution is 7.15. The molecule has 0 bridgehead atoms. The molecule has 1 N–H and O–H groups in total. The first kappa shape index (κ1) is 15.1. The second kappa shape index (κ2) is 7.50. The van der Waals surface area contributed by atoms with Crippen molar-refractivity contribution in [3.8, 4) is 10.6 Å². The van der Waals surface area contributed by atoms with Gasteiger partial charge >= 0.3 is 0 Å². The molecule has 0 radical (unpaired) electrons. The van der Waals surface area contributed by atoms with Gasteiger partial charge in [-0.15, -0.1) is 11.3 Å². The normalized spacial score (nSPS) is 11.2. The Morgan fingerprint density at radius 3 is 2.65 bits per heavy atom. The smallest absolute Gasteiger partial charge is 0.124 e. The highest BCUT2D eigenvalue weighted by Gasteiger charge is 2.14. The summed E-state index contributed by atoms with van der Waals surface area (Å²) in [6.07, 6.45) is 6.11. The van der Waals surface area contributed by atoms with Crippen LogP contribution in [0.25, 0.3) is 10.6 Å². The molecule has 0 aliphatic rings. The van der Waals surface area contributed by atoms with Crippen molar-refractivity contribution in [2.24, 2.45) is 0 Å². The van der Waals surface area contributed by atoms with Gasteiger partial charge in [-0.2, -0.15) is 0 Å². The maximum absolute atomic E-state index is 4.83. The van der Waals surface area contributed by atoms with Crippen LogP contribution in [0.5, 0.6) is 0 Å². The molecule has 0 atom stereocenters. The van der Waals surface area contributed by atoms with Crippen LogP contribution in [0.3, 0.4) is 0 Å². The number of hydrogen-bond acceptors (Lipinski definition) is 4. The third-order valence-electron chi connectivity index (χ3n) is 3.19. The van der Waals surface area contributed by atoms with E-state index in [1.807, 2.05) is 24.5 Å². The van der Waals surface area contributed by atoms with Crippen molar-refractivity contribution in [2.45, 2.75) is 46.1 Å². The van der Waals surface area contributed by atoms with Crippen LogP contribution in [0.15, 0.2) is 24.5 Å². The minimum Gasteiger partial charge on any atom is -0.312 e. The van der Waals surface area contributed by atoms with Crippen LogP contribution < -0.4 is 5.32 Å². The van der Waals surface area contributed by atoms with E-state index in [2.05, 4.69) is 31.1 Å². The number of pyridine rings is 1. The van der Waals surface area contributed by atoms with Gasteiger partial charge in [0, 0.05) is 29.4 Å². The Hall–Kier alpha value is -1.26. The lowest BCUT2D eigenvalue weighted by atomic mass is 10.1. The van der Waals surface area contributed by atoms with E-state index in [1.165, 1.54) is 23.4 Å². The van der Waals surface area contributed by atoms with Crippen molar-refractivity contribution in [3.05, 3.63) is 35.1 Å². The summed E-state index contributed by atoms with van der Waals surface area (Å²) in [5, 5.41) is 4.62. The SMILES string of the molecule is CCCCNCc1sc(-c2ccncc2)nc1C(C)C. The molecule has 2 aromatic rings. The molecule has 0 saturated heterocycles. The Morgan fingerprint density at radius 2 is 2.00 bits per heavy atom. The van der Waals surface area contributed by atoms with Gasteiger partial charge in [-0.3, -0.25) is 4.98 Å². The van der Waals surface area contributed by atoms with Gasteiger partial charge in [-0.25, -0.2) is 4.98 Å². The van der Waals surface area contributed by atoms with Crippen molar-refractivity contribution in [3.63, 3.8) is 0 Å². The van der Waals surface area contributed by atoms with E-state index in [0.717, 1.165) is 23.7 Å². The van der Waals surface area contributed by atoms with E-state index in [9.17, 15) is 0 Å². The molecule has 0 amide bonds. The Balaban J connectivity index is 2.16. The van der Waals surface area contributed by atoms with Crippen molar-refractivity contribution in [1.29, 1.82) is 0 Å². The first-order valence-electron chi connectivity index (χ1n) is 7.33. The summed E-state index contributed by atoms with van der Waals surface area (Å²) >= 11 is 1.80. The molecule has 3 nitrogen and oxygen atoms in total. The summed E-state index contributed by atoms with van der Waals surface area (Å²) in [7, 11) is 0. The van der Waals surface area contributed by atoms with E-state index in [4.69, 9.17) is 4.98 Å². The summed E-state index contributed by atoms with van der Waals surface area (Å²) in [5.74, 6) is 0.463. The summed E-state index contributed by atoms with van der Waals surface area (Å²) in [4.78, 5) is 10.3. The number of rotatable bonds is 7. The first-order valence-corrected chi connectivity index (χ1v) is 8.14. The Kier molecular flexibility index (Phi) is 5.68. The number of thiazole rings is 1. The van der Waals surface area contributed by atoms with E-state index in [0.29, 0.717) is 5.92 Å². The van der Waals surface area contributed by atoms with Gasteiger partial charge in [0.2, 0.25) is 0 Å². The van der Waals surface area contributed by atoms with Gasteiger partial charge in [-0.1, -0.05) is 27.2 Å². The predicted molar refractivity (Wildman–Crippen MR) is 86.0 cm³/mol. The van der Waals surface area contributed by atoms with Crippen molar-refractivity contribution in [1.82, 2.24) is 15.3 Å². The summed E-state index contributed by atoms with van der Waals surface area (Å²) in [6.45, 7) is 8.64. The zero-order chi connectivity index (χ0) is 14.4. The second-order valence-electron chi connectivity index (χ2n) is 5.25. The fourth-order valence-corrected chi connectivity index (χ4v) is 3.25. The molecule has 0 spiro atoms. The largest absolute Gasteiger partial charge is 0.312 e. The maximum Gasteiger partial charge on any atom is 0.124 e. The topological polar surface area (TPSA) is 37.8 Å². The fourth-order valence-electron chi connectivity index (χ4n) is 2.06. The van der Waals surface area contributed by atoms with Crippen LogP contribution in [-0.2, 0) is 6.54 Å². The molecule has 2 heterocycles. The van der Waals surface area contributed by atoms with E-state index >= 15 is 0 Å². The standard InChI is InChI=1S/C16H23N3S/c1-4-5-8-18-11-14-15(12(2)3)19-16(20-14)13-6-9-17-10-7-13/h6-7,9-10,12,18H,4-5,8,11H2,1-3H3. The zero-order valence-electron chi connectivity index (χ0n) is 12.5. The van der Waals surface area contributed by atoms with Crippen LogP contribution in [0, 0.1) is 0 Å². The number of nitrogens with zero attached hydrogens (tertiary/aromatic N) is 2. The molecule has 0 aliphatic heterocycles. The molecule has 2 aromatic heterocycles. The average molecular weight is 289 g/mol. The highest BCUT2D eigenvalue weighted by atomic mass is 32.1. The highest BCUT2D eigenvalue weighted by Crippen LogP contribution is 2.31. The molecule has 0 fully saturated rings. The fraction of sp³-hybridized carbons (Fsp3) is 0.500. The van der Waals surface area contributed by atoms with Gasteiger partial charge in [-0.05, 0) is 31.0 Å². The second-order valence-corrected chi connectivity index (χ2v) is 6.33. The molecule has 2 rings (SSSR count). The molecule has 0 unspecified atom stereocenters. The molecule has 20 heavy (non-hydrogen) atoms. The predicted octanol–water partition coefficient (Wildman–Crippen LogP) is 4.22. The number of unbranched alkanes of at least 4 members (excludes halogenated alkanes) is 1. The zero-order valence-corrected chi connectivity index (χ0v) is 13.3.